The van der Waals surface area contributed by atoms with Crippen LogP contribution in [-0.2, 0) is 9.53 Å². The van der Waals surface area contributed by atoms with Gasteiger partial charge in [-0.3, -0.25) is 9.69 Å². The molecule has 5 heteroatoms. The molecule has 0 aromatic carbocycles. The summed E-state index contributed by atoms with van der Waals surface area (Å²) in [5.41, 5.74) is 0. The Morgan fingerprint density at radius 3 is 2.95 bits per heavy atom. The average molecular weight is 279 g/mol. The van der Waals surface area contributed by atoms with E-state index >= 15 is 0 Å². The summed E-state index contributed by atoms with van der Waals surface area (Å²) in [5, 5.41) is 12.1. The van der Waals surface area contributed by atoms with E-state index < -0.39 is 0 Å². The molecule has 0 spiro atoms. The number of morpholine rings is 1. The van der Waals surface area contributed by atoms with Gasteiger partial charge in [-0.25, -0.2) is 0 Å². The van der Waals surface area contributed by atoms with Gasteiger partial charge in [-0.1, -0.05) is 13.3 Å². The van der Waals surface area contributed by atoms with Gasteiger partial charge in [0.2, 0.25) is 5.91 Å². The molecule has 2 aliphatic rings. The van der Waals surface area contributed by atoms with Crippen molar-refractivity contribution in [2.45, 2.75) is 44.7 Å². The Bertz CT molecular complexity index is 380. The lowest BCUT2D eigenvalue weighted by Gasteiger charge is -2.45. The fourth-order valence-corrected chi connectivity index (χ4v) is 3.53. The number of likely N-dealkylation sites (N-methyl/N-ethyl adjacent to an activating group) is 1. The van der Waals surface area contributed by atoms with Gasteiger partial charge in [0.05, 0.1) is 25.2 Å². The number of hydrogen-bond acceptors (Lipinski definition) is 4. The van der Waals surface area contributed by atoms with E-state index in [1.165, 1.54) is 0 Å². The molecule has 0 aromatic rings. The maximum Gasteiger partial charge on any atom is 0.239 e. The lowest BCUT2D eigenvalue weighted by Crippen LogP contribution is -2.59. The van der Waals surface area contributed by atoms with E-state index in [0.717, 1.165) is 32.2 Å². The van der Waals surface area contributed by atoms with Crippen molar-refractivity contribution < 1.29 is 9.53 Å². The monoisotopic (exact) mass is 279 g/mol. The van der Waals surface area contributed by atoms with Crippen LogP contribution in [0.25, 0.3) is 0 Å². The lowest BCUT2D eigenvalue weighted by molar-refractivity contribution is -0.136. The average Bonchev–Trinajstić information content (AvgIpc) is 2.53. The van der Waals surface area contributed by atoms with Crippen molar-refractivity contribution >= 4 is 5.91 Å². The molecular weight excluding hydrogens is 254 g/mol. The molecule has 0 bridgehead atoms. The molecule has 1 aliphatic heterocycles. The number of rotatable bonds is 3. The summed E-state index contributed by atoms with van der Waals surface area (Å²) in [6.07, 6.45) is 4.28. The molecule has 4 atom stereocenters. The quantitative estimate of drug-likeness (QED) is 0.841. The molecule has 1 saturated heterocycles. The molecule has 0 radical (unpaired) electrons. The summed E-state index contributed by atoms with van der Waals surface area (Å²) in [6, 6.07) is 2.41. The fraction of sp³-hybridized carbons (Fsp3) is 0.867. The van der Waals surface area contributed by atoms with Crippen LogP contribution in [0.1, 0.15) is 32.6 Å². The van der Waals surface area contributed by atoms with Crippen LogP contribution in [0.5, 0.6) is 0 Å². The molecule has 1 heterocycles. The number of ether oxygens (including phenoxy) is 1. The van der Waals surface area contributed by atoms with Crippen LogP contribution in [0.3, 0.4) is 0 Å². The standard InChI is InChI=1S/C15H25N3O2/c1-3-11-4-5-12(9-16)13(8-11)18-6-7-20-10-14(18)15(19)17-2/h11-14H,3-8,10H2,1-2H3,(H,17,19). The first-order valence-electron chi connectivity index (χ1n) is 7.65. The van der Waals surface area contributed by atoms with Crippen molar-refractivity contribution in [2.75, 3.05) is 26.8 Å². The highest BCUT2D eigenvalue weighted by Gasteiger charge is 2.40. The number of nitrogens with zero attached hydrogens (tertiary/aromatic N) is 2. The van der Waals surface area contributed by atoms with Gasteiger partial charge in [0.25, 0.3) is 0 Å². The van der Waals surface area contributed by atoms with E-state index in [4.69, 9.17) is 4.74 Å². The zero-order valence-corrected chi connectivity index (χ0v) is 12.5. The third-order valence-corrected chi connectivity index (χ3v) is 4.81. The highest BCUT2D eigenvalue weighted by molar-refractivity contribution is 5.81. The number of carbonyl (C=O) groups excluding carboxylic acids is 1. The molecule has 1 saturated carbocycles. The van der Waals surface area contributed by atoms with Crippen molar-refractivity contribution in [1.82, 2.24) is 10.2 Å². The maximum absolute atomic E-state index is 12.1. The summed E-state index contributed by atoms with van der Waals surface area (Å²) in [4.78, 5) is 14.3. The lowest BCUT2D eigenvalue weighted by atomic mass is 9.76. The zero-order chi connectivity index (χ0) is 14.5. The van der Waals surface area contributed by atoms with Gasteiger partial charge in [0.15, 0.2) is 0 Å². The minimum absolute atomic E-state index is 0.0000109. The molecule has 112 valence electrons. The van der Waals surface area contributed by atoms with E-state index in [-0.39, 0.29) is 23.9 Å². The van der Waals surface area contributed by atoms with E-state index in [2.05, 4.69) is 23.2 Å². The first-order valence-corrected chi connectivity index (χ1v) is 7.65. The molecule has 1 aliphatic carbocycles. The normalized spacial score (nSPS) is 35.2. The predicted molar refractivity (Wildman–Crippen MR) is 75.9 cm³/mol. The van der Waals surface area contributed by atoms with Crippen molar-refractivity contribution in [1.29, 1.82) is 5.26 Å². The number of nitriles is 1. The molecular formula is C15H25N3O2. The van der Waals surface area contributed by atoms with Gasteiger partial charge in [-0.05, 0) is 25.2 Å². The highest BCUT2D eigenvalue weighted by atomic mass is 16.5. The van der Waals surface area contributed by atoms with Crippen LogP contribution in [-0.4, -0.2) is 49.7 Å². The van der Waals surface area contributed by atoms with Crippen LogP contribution < -0.4 is 5.32 Å². The largest absolute Gasteiger partial charge is 0.378 e. The Labute approximate surface area is 121 Å². The second-order valence-electron chi connectivity index (χ2n) is 5.83. The van der Waals surface area contributed by atoms with Gasteiger partial charge < -0.3 is 10.1 Å². The smallest absolute Gasteiger partial charge is 0.239 e. The van der Waals surface area contributed by atoms with E-state index in [9.17, 15) is 10.1 Å². The highest BCUT2D eigenvalue weighted by Crippen LogP contribution is 2.35. The van der Waals surface area contributed by atoms with Crippen LogP contribution in [0, 0.1) is 23.2 Å². The number of hydrogen-bond donors (Lipinski definition) is 1. The third kappa shape index (κ3) is 3.13. The van der Waals surface area contributed by atoms with Gasteiger partial charge in [-0.15, -0.1) is 0 Å². The predicted octanol–water partition coefficient (Wildman–Crippen LogP) is 1.15. The van der Waals surface area contributed by atoms with Crippen molar-refractivity contribution in [3.05, 3.63) is 0 Å². The SMILES string of the molecule is CCC1CCC(C#N)C(N2CCOCC2C(=O)NC)C1. The Morgan fingerprint density at radius 1 is 1.50 bits per heavy atom. The van der Waals surface area contributed by atoms with Gasteiger partial charge in [-0.2, -0.15) is 5.26 Å². The third-order valence-electron chi connectivity index (χ3n) is 4.81. The Balaban J connectivity index is 2.15. The maximum atomic E-state index is 12.1. The molecule has 0 aromatic heterocycles. The second-order valence-corrected chi connectivity index (χ2v) is 5.83. The summed E-state index contributed by atoms with van der Waals surface area (Å²) < 4.78 is 5.46. The summed E-state index contributed by atoms with van der Waals surface area (Å²) in [5.74, 6) is 0.723. The summed E-state index contributed by atoms with van der Waals surface area (Å²) in [6.45, 7) is 4.05. The van der Waals surface area contributed by atoms with Crippen molar-refractivity contribution in [3.8, 4) is 6.07 Å². The number of amides is 1. The molecule has 2 fully saturated rings. The first kappa shape index (κ1) is 15.3. The minimum atomic E-state index is -0.245. The van der Waals surface area contributed by atoms with Gasteiger partial charge in [0, 0.05) is 19.6 Å². The molecule has 1 amide bonds. The number of carbonyl (C=O) groups is 1. The summed E-state index contributed by atoms with van der Waals surface area (Å²) >= 11 is 0. The number of nitrogens with one attached hydrogen (secondary N) is 1. The van der Waals surface area contributed by atoms with Crippen molar-refractivity contribution in [3.63, 3.8) is 0 Å². The first-order chi connectivity index (χ1) is 9.71. The Hall–Kier alpha value is -1.12. The molecule has 20 heavy (non-hydrogen) atoms. The molecule has 2 rings (SSSR count). The molecule has 5 nitrogen and oxygen atoms in total. The van der Waals surface area contributed by atoms with Crippen LogP contribution in [0.2, 0.25) is 0 Å². The zero-order valence-electron chi connectivity index (χ0n) is 12.5. The van der Waals surface area contributed by atoms with E-state index in [0.29, 0.717) is 19.1 Å². The Kier molecular flexibility index (Phi) is 5.38. The van der Waals surface area contributed by atoms with Crippen LogP contribution in [0.15, 0.2) is 0 Å². The van der Waals surface area contributed by atoms with Crippen LogP contribution >= 0.6 is 0 Å². The Morgan fingerprint density at radius 2 is 2.30 bits per heavy atom. The van der Waals surface area contributed by atoms with Crippen LogP contribution in [0.4, 0.5) is 0 Å². The fourth-order valence-electron chi connectivity index (χ4n) is 3.53. The van der Waals surface area contributed by atoms with Gasteiger partial charge in [0.1, 0.15) is 6.04 Å². The molecule has 4 unspecified atom stereocenters. The van der Waals surface area contributed by atoms with Crippen molar-refractivity contribution in [2.24, 2.45) is 11.8 Å². The molecule has 1 N–H and O–H groups in total. The second kappa shape index (κ2) is 7.05. The topological polar surface area (TPSA) is 65.4 Å². The summed E-state index contributed by atoms with van der Waals surface area (Å²) in [7, 11) is 1.66. The van der Waals surface area contributed by atoms with Gasteiger partial charge >= 0.3 is 0 Å². The van der Waals surface area contributed by atoms with E-state index in [1.54, 1.807) is 7.05 Å². The minimum Gasteiger partial charge on any atom is -0.378 e. The van der Waals surface area contributed by atoms with E-state index in [1.807, 2.05) is 0 Å².